The summed E-state index contributed by atoms with van der Waals surface area (Å²) in [5, 5.41) is 22.7. The molecule has 1 aliphatic rings. The Morgan fingerprint density at radius 2 is 1.57 bits per heavy atom. The summed E-state index contributed by atoms with van der Waals surface area (Å²) in [4.78, 5) is 83.5. The maximum absolute atomic E-state index is 13.9. The number of primary amides is 1. The number of nitrogens with two attached hydrogens (primary N) is 1. The average molecular weight is 724 g/mol. The van der Waals surface area contributed by atoms with Crippen molar-refractivity contribution in [3.8, 4) is 5.75 Å². The van der Waals surface area contributed by atoms with E-state index in [4.69, 9.17) is 5.73 Å². The summed E-state index contributed by atoms with van der Waals surface area (Å²) >= 11 is 0. The summed E-state index contributed by atoms with van der Waals surface area (Å²) in [5.74, 6) is -3.00. The van der Waals surface area contributed by atoms with Crippen molar-refractivity contribution in [2.75, 3.05) is 6.54 Å². The van der Waals surface area contributed by atoms with Crippen molar-refractivity contribution < 1.29 is 43.4 Å². The van der Waals surface area contributed by atoms with Gasteiger partial charge in [-0.05, 0) is 65.3 Å². The Bertz CT molecular complexity index is 1790. The maximum atomic E-state index is 13.9. The predicted molar refractivity (Wildman–Crippen MR) is 190 cm³/mol. The van der Waals surface area contributed by atoms with Gasteiger partial charge in [-0.2, -0.15) is 0 Å². The van der Waals surface area contributed by atoms with E-state index < -0.39 is 67.3 Å². The summed E-state index contributed by atoms with van der Waals surface area (Å²) in [7, 11) is -4.27. The van der Waals surface area contributed by atoms with Crippen LogP contribution in [-0.4, -0.2) is 68.6 Å². The standard InChI is InChI=1S/C36H46N5O9P/c1-23(42)39-30(19-24-10-12-25(13-11-24)22-51(48,49)50)34(46)41-36(16-3-2-4-17-36)35(47)40-31(21-32(37)44)33(45)38-18-6-9-26-7-5-8-27-14-15-28(43)20-29(26)27/h5,7-8,10-15,20,30-31,43H,2-4,6,9,16-19,21-22H2,1H3,(H2,37,44)(H,38,45)(H,39,42)(H,40,47)(H,41,46)(H2,48,49,50)/t30-,31-/m0/s1. The molecule has 3 aromatic rings. The Labute approximate surface area is 296 Å². The van der Waals surface area contributed by atoms with Crippen molar-refractivity contribution in [1.82, 2.24) is 21.3 Å². The normalized spacial score (nSPS) is 15.3. The van der Waals surface area contributed by atoms with Crippen LogP contribution in [0.15, 0.2) is 60.7 Å². The van der Waals surface area contributed by atoms with E-state index in [1.165, 1.54) is 19.1 Å². The minimum absolute atomic E-state index is 0.0337. The molecule has 14 nitrogen and oxygen atoms in total. The number of benzene rings is 3. The van der Waals surface area contributed by atoms with Gasteiger partial charge in [-0.15, -0.1) is 0 Å². The fourth-order valence-corrected chi connectivity index (χ4v) is 7.15. The smallest absolute Gasteiger partial charge is 0.329 e. The van der Waals surface area contributed by atoms with E-state index in [1.807, 2.05) is 24.3 Å². The first kappa shape index (κ1) is 39.0. The van der Waals surface area contributed by atoms with Gasteiger partial charge >= 0.3 is 7.60 Å². The fourth-order valence-electron chi connectivity index (χ4n) is 6.46. The third-order valence-corrected chi connectivity index (χ3v) is 9.73. The number of hydrogen-bond donors (Lipinski definition) is 8. The van der Waals surface area contributed by atoms with Gasteiger partial charge in [0, 0.05) is 19.9 Å². The van der Waals surface area contributed by atoms with Crippen LogP contribution in [0.4, 0.5) is 0 Å². The molecule has 0 bridgehead atoms. The molecule has 2 atom stereocenters. The van der Waals surface area contributed by atoms with Crippen molar-refractivity contribution in [2.24, 2.45) is 5.73 Å². The first-order valence-corrected chi connectivity index (χ1v) is 18.7. The zero-order valence-electron chi connectivity index (χ0n) is 28.5. The van der Waals surface area contributed by atoms with Crippen LogP contribution in [0.25, 0.3) is 10.8 Å². The lowest BCUT2D eigenvalue weighted by Crippen LogP contribution is -2.65. The zero-order valence-corrected chi connectivity index (χ0v) is 29.4. The van der Waals surface area contributed by atoms with E-state index in [1.54, 1.807) is 24.3 Å². The van der Waals surface area contributed by atoms with Crippen LogP contribution < -0.4 is 27.0 Å². The van der Waals surface area contributed by atoms with Crippen LogP contribution in [0.2, 0.25) is 0 Å². The minimum atomic E-state index is -4.27. The molecule has 0 unspecified atom stereocenters. The largest absolute Gasteiger partial charge is 0.508 e. The van der Waals surface area contributed by atoms with Gasteiger partial charge in [0.05, 0.1) is 12.6 Å². The highest BCUT2D eigenvalue weighted by molar-refractivity contribution is 7.50. The van der Waals surface area contributed by atoms with Crippen molar-refractivity contribution in [3.05, 3.63) is 77.4 Å². The van der Waals surface area contributed by atoms with Gasteiger partial charge in [0.1, 0.15) is 23.4 Å². The number of carbonyl (C=O) groups excluding carboxylic acids is 5. The molecule has 3 aromatic carbocycles. The molecular formula is C36H46N5O9P. The lowest BCUT2D eigenvalue weighted by Gasteiger charge is -2.38. The number of aromatic hydroxyl groups is 1. The lowest BCUT2D eigenvalue weighted by atomic mass is 9.80. The highest BCUT2D eigenvalue weighted by atomic mass is 31.2. The zero-order chi connectivity index (χ0) is 37.2. The molecule has 51 heavy (non-hydrogen) atoms. The van der Waals surface area contributed by atoms with Crippen molar-refractivity contribution in [3.63, 3.8) is 0 Å². The van der Waals surface area contributed by atoms with E-state index in [0.29, 0.717) is 36.8 Å². The topological polar surface area (TPSA) is 237 Å². The van der Waals surface area contributed by atoms with Crippen LogP contribution in [0, 0.1) is 0 Å². The van der Waals surface area contributed by atoms with Gasteiger partial charge in [0.2, 0.25) is 29.5 Å². The molecule has 0 aromatic heterocycles. The van der Waals surface area contributed by atoms with Gasteiger partial charge in [0.15, 0.2) is 0 Å². The quantitative estimate of drug-likeness (QED) is 0.0798. The summed E-state index contributed by atoms with van der Waals surface area (Å²) in [5.41, 5.74) is 6.04. The van der Waals surface area contributed by atoms with E-state index in [-0.39, 0.29) is 31.6 Å². The third kappa shape index (κ3) is 11.6. The highest BCUT2D eigenvalue weighted by Crippen LogP contribution is 2.39. The SMILES string of the molecule is CC(=O)N[C@@H](Cc1ccc(CP(=O)(O)O)cc1)C(=O)NC1(C(=O)N[C@@H](CC(N)=O)C(=O)NCCCc2cccc3ccc(O)cc23)CCCCC1. The maximum Gasteiger partial charge on any atom is 0.329 e. The highest BCUT2D eigenvalue weighted by Gasteiger charge is 2.43. The number of amides is 5. The molecule has 1 saturated carbocycles. The predicted octanol–water partition coefficient (Wildman–Crippen LogP) is 2.20. The second-order valence-electron chi connectivity index (χ2n) is 13.1. The number of hydrogen-bond acceptors (Lipinski definition) is 7. The average Bonchev–Trinajstić information content (AvgIpc) is 3.06. The second kappa shape index (κ2) is 17.4. The number of phenolic OH excluding ortho intramolecular Hbond substituents is 1. The molecule has 5 amide bonds. The molecule has 1 fully saturated rings. The molecule has 274 valence electrons. The molecule has 15 heteroatoms. The molecule has 1 aliphatic carbocycles. The van der Waals surface area contributed by atoms with Crippen molar-refractivity contribution in [2.45, 2.75) is 88.5 Å². The summed E-state index contributed by atoms with van der Waals surface area (Å²) in [6.45, 7) is 1.49. The van der Waals surface area contributed by atoms with Gasteiger partial charge < -0.3 is 41.9 Å². The Hall–Kier alpha value is -4.78. The van der Waals surface area contributed by atoms with Crippen molar-refractivity contribution >= 4 is 47.9 Å². The van der Waals surface area contributed by atoms with Crippen LogP contribution in [0.3, 0.4) is 0 Å². The summed E-state index contributed by atoms with van der Waals surface area (Å²) < 4.78 is 11.4. The Kier molecular flexibility index (Phi) is 13.3. The Morgan fingerprint density at radius 1 is 0.882 bits per heavy atom. The molecule has 0 radical (unpaired) electrons. The van der Waals surface area contributed by atoms with E-state index >= 15 is 0 Å². The number of carbonyl (C=O) groups is 5. The molecule has 0 spiro atoms. The summed E-state index contributed by atoms with van der Waals surface area (Å²) in [6, 6.07) is 14.8. The molecular weight excluding hydrogens is 677 g/mol. The van der Waals surface area contributed by atoms with Crippen LogP contribution >= 0.6 is 7.60 Å². The molecule has 0 heterocycles. The summed E-state index contributed by atoms with van der Waals surface area (Å²) in [6.07, 6.45) is 2.83. The number of nitrogens with one attached hydrogen (secondary N) is 4. The Morgan fingerprint density at radius 3 is 2.22 bits per heavy atom. The van der Waals surface area contributed by atoms with E-state index in [0.717, 1.165) is 22.8 Å². The van der Waals surface area contributed by atoms with Gasteiger partial charge in [-0.25, -0.2) is 0 Å². The first-order chi connectivity index (χ1) is 24.1. The minimum Gasteiger partial charge on any atom is -0.508 e. The molecule has 4 rings (SSSR count). The number of fused-ring (bicyclic) bond motifs is 1. The first-order valence-electron chi connectivity index (χ1n) is 16.9. The van der Waals surface area contributed by atoms with Crippen LogP contribution in [-0.2, 0) is 47.5 Å². The lowest BCUT2D eigenvalue weighted by molar-refractivity contribution is -0.139. The van der Waals surface area contributed by atoms with Crippen LogP contribution in [0.5, 0.6) is 5.75 Å². The van der Waals surface area contributed by atoms with Crippen molar-refractivity contribution in [1.29, 1.82) is 0 Å². The molecule has 0 aliphatic heterocycles. The third-order valence-electron chi connectivity index (χ3n) is 8.95. The van der Waals surface area contributed by atoms with E-state index in [2.05, 4.69) is 21.3 Å². The van der Waals surface area contributed by atoms with E-state index in [9.17, 15) is 43.4 Å². The number of aryl methyl sites for hydroxylation is 1. The second-order valence-corrected chi connectivity index (χ2v) is 14.8. The van der Waals surface area contributed by atoms with Gasteiger partial charge in [-0.3, -0.25) is 28.5 Å². The van der Waals surface area contributed by atoms with Gasteiger partial charge in [0.25, 0.3) is 0 Å². The number of rotatable bonds is 16. The van der Waals surface area contributed by atoms with Crippen LogP contribution in [0.1, 0.15) is 68.6 Å². The molecule has 0 saturated heterocycles. The Balaban J connectivity index is 1.43. The van der Waals surface area contributed by atoms with Gasteiger partial charge in [-0.1, -0.05) is 67.8 Å². The monoisotopic (exact) mass is 723 g/mol. The fraction of sp³-hybridized carbons (Fsp3) is 0.417. The molecule has 9 N–H and O–H groups in total. The number of phenols is 1.